The van der Waals surface area contributed by atoms with Gasteiger partial charge in [-0.1, -0.05) is 6.07 Å². The summed E-state index contributed by atoms with van der Waals surface area (Å²) in [6.07, 6.45) is 1.79. The molecule has 2 rings (SSSR count). The van der Waals surface area contributed by atoms with E-state index in [9.17, 15) is 0 Å². The minimum absolute atomic E-state index is 0.990. The molecule has 0 spiro atoms. The Kier molecular flexibility index (Phi) is 2.15. The SMILES string of the molecule is Sc1sccc1-c1ccccn1. The van der Waals surface area contributed by atoms with Crippen LogP contribution in [0.5, 0.6) is 0 Å². The van der Waals surface area contributed by atoms with E-state index in [0.717, 1.165) is 15.5 Å². The standard InChI is InChI=1S/C9H7NS2/c11-9-7(4-6-12-9)8-3-1-2-5-10-8/h1-6,11H. The summed E-state index contributed by atoms with van der Waals surface area (Å²) in [4.78, 5) is 4.24. The van der Waals surface area contributed by atoms with Gasteiger partial charge in [0.1, 0.15) is 0 Å². The molecule has 2 aromatic heterocycles. The molecule has 1 nitrogen and oxygen atoms in total. The molecular weight excluding hydrogens is 186 g/mol. The van der Waals surface area contributed by atoms with E-state index >= 15 is 0 Å². The fraction of sp³-hybridized carbons (Fsp3) is 0. The highest BCUT2D eigenvalue weighted by Crippen LogP contribution is 2.29. The molecule has 0 N–H and O–H groups in total. The van der Waals surface area contributed by atoms with Crippen molar-refractivity contribution in [2.45, 2.75) is 4.21 Å². The van der Waals surface area contributed by atoms with Gasteiger partial charge in [0.05, 0.1) is 9.90 Å². The molecule has 2 aromatic rings. The number of thiol groups is 1. The lowest BCUT2D eigenvalue weighted by atomic mass is 10.2. The Labute approximate surface area is 80.5 Å². The van der Waals surface area contributed by atoms with E-state index < -0.39 is 0 Å². The molecule has 0 unspecified atom stereocenters. The fourth-order valence-corrected chi connectivity index (χ4v) is 2.02. The second-order valence-electron chi connectivity index (χ2n) is 2.35. The number of aromatic nitrogens is 1. The third kappa shape index (κ3) is 1.38. The molecule has 12 heavy (non-hydrogen) atoms. The monoisotopic (exact) mass is 193 g/mol. The van der Waals surface area contributed by atoms with Crippen molar-refractivity contribution in [3.63, 3.8) is 0 Å². The van der Waals surface area contributed by atoms with Crippen molar-refractivity contribution in [1.29, 1.82) is 0 Å². The van der Waals surface area contributed by atoms with Crippen molar-refractivity contribution >= 4 is 24.0 Å². The maximum absolute atomic E-state index is 4.34. The molecule has 0 fully saturated rings. The number of hydrogen-bond donors (Lipinski definition) is 1. The molecule has 0 aliphatic heterocycles. The largest absolute Gasteiger partial charge is 0.256 e. The summed E-state index contributed by atoms with van der Waals surface area (Å²) in [7, 11) is 0. The van der Waals surface area contributed by atoms with Gasteiger partial charge in [0.2, 0.25) is 0 Å². The Morgan fingerprint density at radius 3 is 2.75 bits per heavy atom. The quantitative estimate of drug-likeness (QED) is 0.687. The summed E-state index contributed by atoms with van der Waals surface area (Å²) in [6.45, 7) is 0. The molecule has 0 saturated heterocycles. The van der Waals surface area contributed by atoms with Gasteiger partial charge >= 0.3 is 0 Å². The summed E-state index contributed by atoms with van der Waals surface area (Å²) in [6, 6.07) is 7.92. The van der Waals surface area contributed by atoms with Gasteiger partial charge in [-0.15, -0.1) is 24.0 Å². The number of pyridine rings is 1. The first-order valence-corrected chi connectivity index (χ1v) is 4.88. The Hall–Kier alpha value is -0.800. The van der Waals surface area contributed by atoms with Crippen molar-refractivity contribution < 1.29 is 0 Å². The molecule has 3 heteroatoms. The highest BCUT2D eigenvalue weighted by atomic mass is 32.2. The first-order chi connectivity index (χ1) is 5.88. The van der Waals surface area contributed by atoms with E-state index in [-0.39, 0.29) is 0 Å². The molecule has 0 amide bonds. The van der Waals surface area contributed by atoms with Crippen molar-refractivity contribution in [2.24, 2.45) is 0 Å². The van der Waals surface area contributed by atoms with E-state index in [4.69, 9.17) is 0 Å². The smallest absolute Gasteiger partial charge is 0.0721 e. The lowest BCUT2D eigenvalue weighted by Gasteiger charge is -1.95. The summed E-state index contributed by atoms with van der Waals surface area (Å²) >= 11 is 5.96. The zero-order chi connectivity index (χ0) is 8.39. The van der Waals surface area contributed by atoms with Crippen molar-refractivity contribution in [2.75, 3.05) is 0 Å². The minimum Gasteiger partial charge on any atom is -0.256 e. The maximum Gasteiger partial charge on any atom is 0.0721 e. The number of rotatable bonds is 1. The highest BCUT2D eigenvalue weighted by molar-refractivity contribution is 7.83. The Balaban J connectivity index is 2.51. The molecular formula is C9H7NS2. The van der Waals surface area contributed by atoms with Crippen LogP contribution >= 0.6 is 24.0 Å². The number of thiophene rings is 1. The summed E-state index contributed by atoms with van der Waals surface area (Å²) in [5.41, 5.74) is 2.10. The minimum atomic E-state index is 0.990. The van der Waals surface area contributed by atoms with Crippen LogP contribution in [0.4, 0.5) is 0 Å². The van der Waals surface area contributed by atoms with E-state index in [1.165, 1.54) is 0 Å². The van der Waals surface area contributed by atoms with Crippen LogP contribution in [-0.4, -0.2) is 4.98 Å². The van der Waals surface area contributed by atoms with Gasteiger partial charge in [-0.3, -0.25) is 4.98 Å². The zero-order valence-corrected chi connectivity index (χ0v) is 7.98. The molecule has 0 aliphatic rings. The van der Waals surface area contributed by atoms with Gasteiger partial charge in [0, 0.05) is 11.8 Å². The van der Waals surface area contributed by atoms with E-state index in [1.54, 1.807) is 17.5 Å². The molecule has 0 aromatic carbocycles. The van der Waals surface area contributed by atoms with E-state index in [2.05, 4.69) is 17.6 Å². The van der Waals surface area contributed by atoms with Crippen LogP contribution in [-0.2, 0) is 0 Å². The van der Waals surface area contributed by atoms with Crippen LogP contribution in [0.15, 0.2) is 40.1 Å². The predicted octanol–water partition coefficient (Wildman–Crippen LogP) is 3.10. The zero-order valence-electron chi connectivity index (χ0n) is 6.27. The van der Waals surface area contributed by atoms with Crippen LogP contribution in [0.2, 0.25) is 0 Å². The number of hydrogen-bond acceptors (Lipinski definition) is 3. The van der Waals surface area contributed by atoms with Gasteiger partial charge in [-0.25, -0.2) is 0 Å². The van der Waals surface area contributed by atoms with Gasteiger partial charge in [0.25, 0.3) is 0 Å². The normalized spacial score (nSPS) is 10.1. The highest BCUT2D eigenvalue weighted by Gasteiger charge is 2.02. The van der Waals surface area contributed by atoms with Crippen LogP contribution < -0.4 is 0 Å². The van der Waals surface area contributed by atoms with Gasteiger partial charge in [-0.05, 0) is 23.6 Å². The lowest BCUT2D eigenvalue weighted by Crippen LogP contribution is -1.78. The lowest BCUT2D eigenvalue weighted by molar-refractivity contribution is 1.32. The first-order valence-electron chi connectivity index (χ1n) is 3.56. The summed E-state index contributed by atoms with van der Waals surface area (Å²) in [5.74, 6) is 0. The third-order valence-electron chi connectivity index (χ3n) is 1.59. The van der Waals surface area contributed by atoms with Crippen molar-refractivity contribution in [3.8, 4) is 11.3 Å². The second-order valence-corrected chi connectivity index (χ2v) is 4.02. The Bertz CT molecular complexity index is 367. The van der Waals surface area contributed by atoms with Gasteiger partial charge in [0.15, 0.2) is 0 Å². The van der Waals surface area contributed by atoms with Crippen LogP contribution in [0, 0.1) is 0 Å². The van der Waals surface area contributed by atoms with Crippen molar-refractivity contribution in [1.82, 2.24) is 4.98 Å². The number of nitrogens with zero attached hydrogens (tertiary/aromatic N) is 1. The first kappa shape index (κ1) is 7.83. The van der Waals surface area contributed by atoms with E-state index in [1.807, 2.05) is 29.6 Å². The Morgan fingerprint density at radius 2 is 2.17 bits per heavy atom. The average Bonchev–Trinajstić information content (AvgIpc) is 2.53. The van der Waals surface area contributed by atoms with Gasteiger partial charge < -0.3 is 0 Å². The van der Waals surface area contributed by atoms with Crippen LogP contribution in [0.3, 0.4) is 0 Å². The van der Waals surface area contributed by atoms with Gasteiger partial charge in [-0.2, -0.15) is 0 Å². The summed E-state index contributed by atoms with van der Waals surface area (Å²) in [5, 5.41) is 2.02. The average molecular weight is 193 g/mol. The topological polar surface area (TPSA) is 12.9 Å². The van der Waals surface area contributed by atoms with E-state index in [0.29, 0.717) is 0 Å². The maximum atomic E-state index is 4.34. The van der Waals surface area contributed by atoms with Crippen LogP contribution in [0.1, 0.15) is 0 Å². The molecule has 0 atom stereocenters. The molecule has 0 aliphatic carbocycles. The Morgan fingerprint density at radius 1 is 1.25 bits per heavy atom. The molecule has 60 valence electrons. The third-order valence-corrected chi connectivity index (χ3v) is 2.86. The molecule has 2 heterocycles. The fourth-order valence-electron chi connectivity index (χ4n) is 1.02. The second kappa shape index (κ2) is 3.29. The summed E-state index contributed by atoms with van der Waals surface area (Å²) < 4.78 is 1.02. The molecule has 0 radical (unpaired) electrons. The van der Waals surface area contributed by atoms with Crippen LogP contribution in [0.25, 0.3) is 11.3 Å². The molecule has 0 bridgehead atoms. The molecule has 0 saturated carbocycles. The predicted molar refractivity (Wildman–Crippen MR) is 54.8 cm³/mol. The van der Waals surface area contributed by atoms with Crippen molar-refractivity contribution in [3.05, 3.63) is 35.8 Å².